The highest BCUT2D eigenvalue weighted by Gasteiger charge is 2.01. The number of ether oxygens (including phenoxy) is 1. The molecule has 20 heavy (non-hydrogen) atoms. The average Bonchev–Trinajstić information content (AvgIpc) is 2.87. The average molecular weight is 329 g/mol. The van der Waals surface area contributed by atoms with E-state index in [4.69, 9.17) is 9.15 Å². The lowest BCUT2D eigenvalue weighted by Crippen LogP contribution is -1.81. The summed E-state index contributed by atoms with van der Waals surface area (Å²) in [6.07, 6.45) is 3.99. The Morgan fingerprint density at radius 1 is 1.00 bits per heavy atom. The molecule has 1 aromatic heterocycles. The Kier molecular flexibility index (Phi) is 3.61. The van der Waals surface area contributed by atoms with Gasteiger partial charge >= 0.3 is 0 Å². The molecule has 2 nitrogen and oxygen atoms in total. The molecule has 0 fully saturated rings. The number of rotatable bonds is 3. The zero-order valence-electron chi connectivity index (χ0n) is 11.0. The van der Waals surface area contributed by atoms with Crippen molar-refractivity contribution in [1.82, 2.24) is 0 Å². The molecule has 0 unspecified atom stereocenters. The molecule has 1 heterocycles. The van der Waals surface area contributed by atoms with Gasteiger partial charge in [-0.3, -0.25) is 0 Å². The zero-order valence-corrected chi connectivity index (χ0v) is 12.6. The van der Waals surface area contributed by atoms with Gasteiger partial charge in [0.1, 0.15) is 17.1 Å². The molecule has 0 aliphatic rings. The first-order valence-corrected chi connectivity index (χ1v) is 7.05. The lowest BCUT2D eigenvalue weighted by molar-refractivity contribution is 0.415. The third-order valence-electron chi connectivity index (χ3n) is 3.05. The van der Waals surface area contributed by atoms with E-state index in [-0.39, 0.29) is 0 Å². The number of benzene rings is 2. The van der Waals surface area contributed by atoms with Crippen LogP contribution in [-0.2, 0) is 0 Å². The SMILES string of the molecule is COc1ccc(C=Cc2cc3cc(Br)ccc3o2)cc1. The number of fused-ring (bicyclic) bond motifs is 1. The number of methoxy groups -OCH3 is 1. The fourth-order valence-electron chi connectivity index (χ4n) is 2.01. The lowest BCUT2D eigenvalue weighted by atomic mass is 10.2. The molecular weight excluding hydrogens is 316 g/mol. The van der Waals surface area contributed by atoms with Gasteiger partial charge in [0.15, 0.2) is 0 Å². The van der Waals surface area contributed by atoms with Crippen LogP contribution in [-0.4, -0.2) is 7.11 Å². The largest absolute Gasteiger partial charge is 0.497 e. The quantitative estimate of drug-likeness (QED) is 0.644. The van der Waals surface area contributed by atoms with Crippen molar-refractivity contribution in [3.63, 3.8) is 0 Å². The van der Waals surface area contributed by atoms with E-state index in [0.29, 0.717) is 0 Å². The highest BCUT2D eigenvalue weighted by molar-refractivity contribution is 9.10. The predicted molar refractivity (Wildman–Crippen MR) is 85.8 cm³/mol. The molecule has 0 aliphatic carbocycles. The van der Waals surface area contributed by atoms with E-state index in [2.05, 4.69) is 15.9 Å². The van der Waals surface area contributed by atoms with Crippen molar-refractivity contribution in [2.75, 3.05) is 7.11 Å². The van der Waals surface area contributed by atoms with Crippen LogP contribution in [0.4, 0.5) is 0 Å². The van der Waals surface area contributed by atoms with Crippen LogP contribution in [0.15, 0.2) is 57.4 Å². The Hall–Kier alpha value is -2.00. The molecule has 2 aromatic carbocycles. The van der Waals surface area contributed by atoms with E-state index in [0.717, 1.165) is 32.5 Å². The minimum atomic E-state index is 0.842. The van der Waals surface area contributed by atoms with Crippen LogP contribution in [0.25, 0.3) is 23.1 Å². The van der Waals surface area contributed by atoms with Gasteiger partial charge in [0.05, 0.1) is 7.11 Å². The molecule has 3 heteroatoms. The van der Waals surface area contributed by atoms with Crippen molar-refractivity contribution < 1.29 is 9.15 Å². The van der Waals surface area contributed by atoms with Gasteiger partial charge in [-0.15, -0.1) is 0 Å². The minimum absolute atomic E-state index is 0.842. The van der Waals surface area contributed by atoms with Crippen molar-refractivity contribution in [1.29, 1.82) is 0 Å². The van der Waals surface area contributed by atoms with Gasteiger partial charge in [0.2, 0.25) is 0 Å². The molecule has 0 spiro atoms. The first-order valence-electron chi connectivity index (χ1n) is 6.26. The van der Waals surface area contributed by atoms with Gasteiger partial charge in [-0.05, 0) is 48.0 Å². The summed E-state index contributed by atoms with van der Waals surface area (Å²) in [5.74, 6) is 1.70. The fourth-order valence-corrected chi connectivity index (χ4v) is 2.39. The summed E-state index contributed by atoms with van der Waals surface area (Å²) in [7, 11) is 1.66. The van der Waals surface area contributed by atoms with Gasteiger partial charge in [-0.2, -0.15) is 0 Å². The predicted octanol–water partition coefficient (Wildman–Crippen LogP) is 5.37. The standard InChI is InChI=1S/C17H13BrO2/c1-19-15-6-2-12(3-7-15)4-8-16-11-13-10-14(18)5-9-17(13)20-16/h2-11H,1H3. The molecular formula is C17H13BrO2. The van der Waals surface area contributed by atoms with Crippen LogP contribution < -0.4 is 4.74 Å². The van der Waals surface area contributed by atoms with E-state index >= 15 is 0 Å². The second kappa shape index (κ2) is 5.55. The van der Waals surface area contributed by atoms with Crippen LogP contribution in [0, 0.1) is 0 Å². The number of halogens is 1. The number of furan rings is 1. The van der Waals surface area contributed by atoms with E-state index in [9.17, 15) is 0 Å². The van der Waals surface area contributed by atoms with Crippen molar-refractivity contribution in [3.8, 4) is 5.75 Å². The highest BCUT2D eigenvalue weighted by atomic mass is 79.9. The molecule has 0 atom stereocenters. The molecule has 0 amide bonds. The molecule has 0 saturated carbocycles. The number of hydrogen-bond acceptors (Lipinski definition) is 2. The van der Waals surface area contributed by atoms with Crippen LogP contribution in [0.1, 0.15) is 11.3 Å². The molecule has 3 rings (SSSR count). The Bertz CT molecular complexity index is 754. The molecule has 0 saturated heterocycles. The van der Waals surface area contributed by atoms with Gasteiger partial charge in [0.25, 0.3) is 0 Å². The zero-order chi connectivity index (χ0) is 13.9. The van der Waals surface area contributed by atoms with Crippen LogP contribution in [0.2, 0.25) is 0 Å². The Labute approximate surface area is 125 Å². The molecule has 100 valence electrons. The van der Waals surface area contributed by atoms with Gasteiger partial charge in [-0.1, -0.05) is 34.1 Å². The summed E-state index contributed by atoms with van der Waals surface area (Å²) in [5, 5.41) is 1.09. The maximum Gasteiger partial charge on any atom is 0.134 e. The van der Waals surface area contributed by atoms with Gasteiger partial charge < -0.3 is 9.15 Å². The van der Waals surface area contributed by atoms with E-state index in [1.54, 1.807) is 7.11 Å². The molecule has 0 radical (unpaired) electrons. The minimum Gasteiger partial charge on any atom is -0.497 e. The Balaban J connectivity index is 1.85. The molecule has 0 bridgehead atoms. The summed E-state index contributed by atoms with van der Waals surface area (Å²) in [6, 6.07) is 15.9. The summed E-state index contributed by atoms with van der Waals surface area (Å²) < 4.78 is 11.9. The summed E-state index contributed by atoms with van der Waals surface area (Å²) in [4.78, 5) is 0. The lowest BCUT2D eigenvalue weighted by Gasteiger charge is -1.98. The van der Waals surface area contributed by atoms with Crippen LogP contribution in [0.3, 0.4) is 0 Å². The first kappa shape index (κ1) is 13.0. The van der Waals surface area contributed by atoms with Crippen molar-refractivity contribution in [3.05, 3.63) is 64.3 Å². The third-order valence-corrected chi connectivity index (χ3v) is 3.55. The van der Waals surface area contributed by atoms with Crippen molar-refractivity contribution in [2.45, 2.75) is 0 Å². The van der Waals surface area contributed by atoms with E-state index in [1.807, 2.05) is 60.7 Å². The molecule has 0 N–H and O–H groups in total. The van der Waals surface area contributed by atoms with E-state index < -0.39 is 0 Å². The fraction of sp³-hybridized carbons (Fsp3) is 0.0588. The number of hydrogen-bond donors (Lipinski definition) is 0. The molecule has 3 aromatic rings. The maximum absolute atomic E-state index is 5.76. The second-order valence-electron chi connectivity index (χ2n) is 4.44. The van der Waals surface area contributed by atoms with Crippen LogP contribution >= 0.6 is 15.9 Å². The summed E-state index contributed by atoms with van der Waals surface area (Å²) >= 11 is 3.46. The smallest absolute Gasteiger partial charge is 0.134 e. The van der Waals surface area contributed by atoms with Crippen molar-refractivity contribution in [2.24, 2.45) is 0 Å². The Morgan fingerprint density at radius 3 is 2.55 bits per heavy atom. The highest BCUT2D eigenvalue weighted by Crippen LogP contribution is 2.24. The Morgan fingerprint density at radius 2 is 1.80 bits per heavy atom. The van der Waals surface area contributed by atoms with E-state index in [1.165, 1.54) is 0 Å². The first-order chi connectivity index (χ1) is 9.74. The summed E-state index contributed by atoms with van der Waals surface area (Å²) in [5.41, 5.74) is 2.00. The molecule has 0 aliphatic heterocycles. The van der Waals surface area contributed by atoms with Gasteiger partial charge in [-0.25, -0.2) is 0 Å². The van der Waals surface area contributed by atoms with Crippen molar-refractivity contribution >= 4 is 39.1 Å². The second-order valence-corrected chi connectivity index (χ2v) is 5.35. The topological polar surface area (TPSA) is 22.4 Å². The third kappa shape index (κ3) is 2.78. The van der Waals surface area contributed by atoms with Gasteiger partial charge in [0, 0.05) is 9.86 Å². The normalized spacial score (nSPS) is 11.3. The monoisotopic (exact) mass is 328 g/mol. The maximum atomic E-state index is 5.76. The van der Waals surface area contributed by atoms with Crippen LogP contribution in [0.5, 0.6) is 5.75 Å². The summed E-state index contributed by atoms with van der Waals surface area (Å²) in [6.45, 7) is 0.